The molecule has 7 heteroatoms. The average molecular weight is 401 g/mol. The number of rotatable bonds is 8. The van der Waals surface area contributed by atoms with E-state index >= 15 is 0 Å². The van der Waals surface area contributed by atoms with Gasteiger partial charge < -0.3 is 10.1 Å². The molecule has 148 valence electrons. The topological polar surface area (TPSA) is 84.5 Å². The van der Waals surface area contributed by atoms with E-state index in [4.69, 9.17) is 4.74 Å². The van der Waals surface area contributed by atoms with Gasteiger partial charge in [-0.2, -0.15) is 0 Å². The van der Waals surface area contributed by atoms with Gasteiger partial charge in [0.2, 0.25) is 0 Å². The molecule has 0 bridgehead atoms. The number of carbonyl (C=O) groups excluding carboxylic acids is 3. The standard InChI is InChI=1S/C21H24N2O4S/c1-15(2)17-8-5-16(6-9-17)7-10-20(25)27-14-19(24)23-21(26)22-12-11-18-4-3-13-28-18/h3-10,13,15H,11-12,14H2,1-2H3,(H2,22,23,24,26)/b10-7+. The molecule has 3 amide bonds. The molecule has 0 radical (unpaired) electrons. The second-order valence-electron chi connectivity index (χ2n) is 6.40. The summed E-state index contributed by atoms with van der Waals surface area (Å²) in [7, 11) is 0. The second-order valence-corrected chi connectivity index (χ2v) is 7.43. The summed E-state index contributed by atoms with van der Waals surface area (Å²) < 4.78 is 4.84. The lowest BCUT2D eigenvalue weighted by Gasteiger charge is -2.06. The zero-order chi connectivity index (χ0) is 20.4. The minimum atomic E-state index is -0.684. The van der Waals surface area contributed by atoms with Gasteiger partial charge in [-0.1, -0.05) is 44.2 Å². The number of hydrogen-bond donors (Lipinski definition) is 2. The van der Waals surface area contributed by atoms with Gasteiger partial charge in [-0.05, 0) is 41.0 Å². The van der Waals surface area contributed by atoms with Crippen molar-refractivity contribution in [3.63, 3.8) is 0 Å². The number of amides is 3. The minimum absolute atomic E-state index is 0.414. The Morgan fingerprint density at radius 1 is 1.14 bits per heavy atom. The van der Waals surface area contributed by atoms with Crippen LogP contribution in [0.5, 0.6) is 0 Å². The summed E-state index contributed by atoms with van der Waals surface area (Å²) in [6.45, 7) is 4.11. The van der Waals surface area contributed by atoms with E-state index in [2.05, 4.69) is 24.5 Å². The lowest BCUT2D eigenvalue weighted by atomic mass is 10.0. The van der Waals surface area contributed by atoms with Crippen LogP contribution in [-0.2, 0) is 20.7 Å². The fraction of sp³-hybridized carbons (Fsp3) is 0.286. The van der Waals surface area contributed by atoms with Gasteiger partial charge in [0.25, 0.3) is 5.91 Å². The van der Waals surface area contributed by atoms with Crippen LogP contribution in [0.4, 0.5) is 4.79 Å². The van der Waals surface area contributed by atoms with Crippen molar-refractivity contribution in [3.05, 3.63) is 63.9 Å². The maximum absolute atomic E-state index is 11.7. The van der Waals surface area contributed by atoms with Crippen molar-refractivity contribution in [2.75, 3.05) is 13.2 Å². The third-order valence-electron chi connectivity index (χ3n) is 3.85. The Kier molecular flexibility index (Phi) is 8.42. The molecule has 2 aromatic rings. The van der Waals surface area contributed by atoms with E-state index in [-0.39, 0.29) is 0 Å². The molecular formula is C21H24N2O4S. The van der Waals surface area contributed by atoms with Crippen LogP contribution in [0.15, 0.2) is 47.9 Å². The Balaban J connectivity index is 1.65. The highest BCUT2D eigenvalue weighted by Crippen LogP contribution is 2.15. The SMILES string of the molecule is CC(C)c1ccc(/C=C/C(=O)OCC(=O)NC(=O)NCCc2cccs2)cc1. The van der Waals surface area contributed by atoms with Gasteiger partial charge in [-0.3, -0.25) is 10.1 Å². The Hall–Kier alpha value is -2.93. The minimum Gasteiger partial charge on any atom is -0.452 e. The van der Waals surface area contributed by atoms with E-state index < -0.39 is 24.5 Å². The normalized spacial score (nSPS) is 10.8. The van der Waals surface area contributed by atoms with Gasteiger partial charge in [-0.15, -0.1) is 11.3 Å². The van der Waals surface area contributed by atoms with Gasteiger partial charge in [0.05, 0.1) is 0 Å². The maximum Gasteiger partial charge on any atom is 0.331 e. The molecule has 1 aromatic carbocycles. The van der Waals surface area contributed by atoms with Gasteiger partial charge >= 0.3 is 12.0 Å². The molecule has 0 aliphatic carbocycles. The van der Waals surface area contributed by atoms with Crippen LogP contribution >= 0.6 is 11.3 Å². The average Bonchev–Trinajstić information content (AvgIpc) is 3.18. The number of nitrogens with one attached hydrogen (secondary N) is 2. The Morgan fingerprint density at radius 2 is 1.89 bits per heavy atom. The summed E-state index contributed by atoms with van der Waals surface area (Å²) >= 11 is 1.60. The third kappa shape index (κ3) is 7.75. The van der Waals surface area contributed by atoms with Crippen LogP contribution in [0.1, 0.15) is 35.8 Å². The van der Waals surface area contributed by atoms with Crippen molar-refractivity contribution < 1.29 is 19.1 Å². The number of hydrogen-bond acceptors (Lipinski definition) is 5. The molecule has 1 heterocycles. The van der Waals surface area contributed by atoms with Crippen molar-refractivity contribution in [2.45, 2.75) is 26.2 Å². The molecule has 0 saturated heterocycles. The molecule has 0 fully saturated rings. The summed E-state index contributed by atoms with van der Waals surface area (Å²) in [5, 5.41) is 6.66. The molecule has 2 rings (SSSR count). The first-order chi connectivity index (χ1) is 13.4. The first-order valence-corrected chi connectivity index (χ1v) is 9.87. The predicted molar refractivity (Wildman–Crippen MR) is 110 cm³/mol. The largest absolute Gasteiger partial charge is 0.452 e. The molecule has 0 aliphatic rings. The Bertz CT molecular complexity index is 811. The molecule has 1 aromatic heterocycles. The van der Waals surface area contributed by atoms with Gasteiger partial charge in [0.15, 0.2) is 6.61 Å². The van der Waals surface area contributed by atoms with Gasteiger partial charge in [0, 0.05) is 17.5 Å². The Labute approximate surface area is 168 Å². The first-order valence-electron chi connectivity index (χ1n) is 8.99. The molecule has 0 unspecified atom stereocenters. The van der Waals surface area contributed by atoms with Crippen molar-refractivity contribution >= 4 is 35.3 Å². The number of benzene rings is 1. The number of thiophene rings is 1. The monoisotopic (exact) mass is 400 g/mol. The number of ether oxygens (including phenoxy) is 1. The van der Waals surface area contributed by atoms with E-state index in [1.807, 2.05) is 41.8 Å². The maximum atomic E-state index is 11.7. The summed E-state index contributed by atoms with van der Waals surface area (Å²) in [4.78, 5) is 36.1. The van der Waals surface area contributed by atoms with Crippen LogP contribution < -0.4 is 10.6 Å². The van der Waals surface area contributed by atoms with Crippen LogP contribution in [0, 0.1) is 0 Å². The van der Waals surface area contributed by atoms with Crippen LogP contribution in [-0.4, -0.2) is 31.1 Å². The quantitative estimate of drug-likeness (QED) is 0.525. The molecular weight excluding hydrogens is 376 g/mol. The molecule has 6 nitrogen and oxygen atoms in total. The van der Waals surface area contributed by atoms with Crippen LogP contribution in [0.2, 0.25) is 0 Å². The number of esters is 1. The zero-order valence-corrected chi connectivity index (χ0v) is 16.8. The molecule has 0 saturated carbocycles. The molecule has 0 atom stereocenters. The van der Waals surface area contributed by atoms with Crippen LogP contribution in [0.25, 0.3) is 6.08 Å². The fourth-order valence-corrected chi connectivity index (χ4v) is 3.01. The Morgan fingerprint density at radius 3 is 2.54 bits per heavy atom. The molecule has 0 aliphatic heterocycles. The van der Waals surface area contributed by atoms with Gasteiger partial charge in [-0.25, -0.2) is 9.59 Å². The highest BCUT2D eigenvalue weighted by Gasteiger charge is 2.09. The van der Waals surface area contributed by atoms with Crippen molar-refractivity contribution in [1.82, 2.24) is 10.6 Å². The summed E-state index contributed by atoms with van der Waals surface area (Å²) in [6.07, 6.45) is 3.55. The van der Waals surface area contributed by atoms with E-state index in [9.17, 15) is 14.4 Å². The first kappa shape index (κ1) is 21.4. The smallest absolute Gasteiger partial charge is 0.331 e. The summed E-state index contributed by atoms with van der Waals surface area (Å²) in [5.41, 5.74) is 2.07. The van der Waals surface area contributed by atoms with E-state index in [1.165, 1.54) is 11.6 Å². The van der Waals surface area contributed by atoms with E-state index in [1.54, 1.807) is 17.4 Å². The second kappa shape index (κ2) is 11.0. The molecule has 28 heavy (non-hydrogen) atoms. The number of imide groups is 1. The van der Waals surface area contributed by atoms with E-state index in [0.29, 0.717) is 18.9 Å². The lowest BCUT2D eigenvalue weighted by Crippen LogP contribution is -2.42. The predicted octanol–water partition coefficient (Wildman–Crippen LogP) is 3.50. The highest BCUT2D eigenvalue weighted by atomic mass is 32.1. The fourth-order valence-electron chi connectivity index (χ4n) is 2.30. The van der Waals surface area contributed by atoms with Gasteiger partial charge in [0.1, 0.15) is 0 Å². The van der Waals surface area contributed by atoms with Crippen LogP contribution in [0.3, 0.4) is 0 Å². The van der Waals surface area contributed by atoms with Crippen molar-refractivity contribution in [3.8, 4) is 0 Å². The van der Waals surface area contributed by atoms with Crippen molar-refractivity contribution in [1.29, 1.82) is 0 Å². The lowest BCUT2D eigenvalue weighted by molar-refractivity contribution is -0.143. The molecule has 0 spiro atoms. The number of carbonyl (C=O) groups is 3. The summed E-state index contributed by atoms with van der Waals surface area (Å²) in [6, 6.07) is 11.1. The number of urea groups is 1. The highest BCUT2D eigenvalue weighted by molar-refractivity contribution is 7.09. The summed E-state index contributed by atoms with van der Waals surface area (Å²) in [5.74, 6) is -0.896. The van der Waals surface area contributed by atoms with E-state index in [0.717, 1.165) is 10.4 Å². The van der Waals surface area contributed by atoms with Crippen molar-refractivity contribution in [2.24, 2.45) is 0 Å². The molecule has 2 N–H and O–H groups in total. The third-order valence-corrected chi connectivity index (χ3v) is 4.79. The zero-order valence-electron chi connectivity index (χ0n) is 15.9.